The van der Waals surface area contributed by atoms with Gasteiger partial charge < -0.3 is 14.2 Å². The molecule has 0 saturated carbocycles. The van der Waals surface area contributed by atoms with Crippen molar-refractivity contribution in [3.8, 4) is 17.2 Å². The Labute approximate surface area is 123 Å². The van der Waals surface area contributed by atoms with Gasteiger partial charge in [0.15, 0.2) is 11.5 Å². The van der Waals surface area contributed by atoms with Crippen LogP contribution in [0, 0.1) is 6.92 Å². The third kappa shape index (κ3) is 2.14. The molecule has 0 aliphatic heterocycles. The van der Waals surface area contributed by atoms with Gasteiger partial charge in [-0.15, -0.1) is 0 Å². The lowest BCUT2D eigenvalue weighted by molar-refractivity contribution is 0.327. The van der Waals surface area contributed by atoms with E-state index in [1.807, 2.05) is 13.0 Å². The highest BCUT2D eigenvalue weighted by Gasteiger charge is 2.21. The predicted octanol–water partition coefficient (Wildman–Crippen LogP) is 3.78. The van der Waals surface area contributed by atoms with Gasteiger partial charge in [0, 0.05) is 11.8 Å². The lowest BCUT2D eigenvalue weighted by atomic mass is 10.1. The number of aromatic nitrogens is 1. The number of pyridine rings is 1. The van der Waals surface area contributed by atoms with E-state index in [0.717, 1.165) is 28.6 Å². The van der Waals surface area contributed by atoms with Gasteiger partial charge in [-0.25, -0.2) is 0 Å². The zero-order valence-electron chi connectivity index (χ0n) is 12.3. The second-order valence-corrected chi connectivity index (χ2v) is 4.77. The van der Waals surface area contributed by atoms with Gasteiger partial charge in [-0.1, -0.05) is 18.5 Å². The number of methoxy groups -OCH3 is 3. The molecule has 2 rings (SSSR count). The van der Waals surface area contributed by atoms with Crippen molar-refractivity contribution in [2.24, 2.45) is 0 Å². The molecule has 20 heavy (non-hydrogen) atoms. The number of fused-ring (bicyclic) bond motifs is 1. The van der Waals surface area contributed by atoms with Crippen LogP contribution in [0.5, 0.6) is 17.2 Å². The van der Waals surface area contributed by atoms with E-state index < -0.39 is 0 Å². The van der Waals surface area contributed by atoms with Crippen molar-refractivity contribution < 1.29 is 14.2 Å². The third-order valence-corrected chi connectivity index (χ3v) is 3.85. The summed E-state index contributed by atoms with van der Waals surface area (Å²) in [5, 5.41) is 1.39. The van der Waals surface area contributed by atoms with Crippen LogP contribution >= 0.6 is 11.6 Å². The number of halogens is 1. The van der Waals surface area contributed by atoms with Gasteiger partial charge in [0.1, 0.15) is 0 Å². The summed E-state index contributed by atoms with van der Waals surface area (Å²) in [6, 6.07) is 1.82. The highest BCUT2D eigenvalue weighted by Crippen LogP contribution is 2.46. The van der Waals surface area contributed by atoms with Crippen LogP contribution in [0.4, 0.5) is 0 Å². The molecule has 1 aromatic carbocycles. The standard InChI is InChI=1S/C15H18ClNO3/c1-6-9-8(2)13(16)12-10(17-9)7-11(18-3)14(19-4)15(12)20-5/h7H,6H2,1-5H3. The van der Waals surface area contributed by atoms with E-state index in [2.05, 4.69) is 11.9 Å². The van der Waals surface area contributed by atoms with Gasteiger partial charge >= 0.3 is 0 Å². The van der Waals surface area contributed by atoms with E-state index in [0.29, 0.717) is 22.3 Å². The minimum Gasteiger partial charge on any atom is -0.493 e. The van der Waals surface area contributed by atoms with E-state index >= 15 is 0 Å². The average Bonchev–Trinajstić information content (AvgIpc) is 2.48. The van der Waals surface area contributed by atoms with Crippen LogP contribution < -0.4 is 14.2 Å². The van der Waals surface area contributed by atoms with Crippen molar-refractivity contribution in [1.82, 2.24) is 4.98 Å². The molecule has 0 bridgehead atoms. The van der Waals surface area contributed by atoms with Crippen LogP contribution in [0.25, 0.3) is 10.9 Å². The highest BCUT2D eigenvalue weighted by molar-refractivity contribution is 6.37. The quantitative estimate of drug-likeness (QED) is 0.860. The minimum atomic E-state index is 0.523. The summed E-state index contributed by atoms with van der Waals surface area (Å²) in [5.74, 6) is 1.64. The fourth-order valence-electron chi connectivity index (χ4n) is 2.33. The summed E-state index contributed by atoms with van der Waals surface area (Å²) in [5.41, 5.74) is 2.68. The molecule has 0 amide bonds. The number of ether oxygens (including phenoxy) is 3. The molecular formula is C15H18ClNO3. The predicted molar refractivity (Wildman–Crippen MR) is 80.5 cm³/mol. The number of rotatable bonds is 4. The molecule has 0 radical (unpaired) electrons. The lowest BCUT2D eigenvalue weighted by Crippen LogP contribution is -2.00. The van der Waals surface area contributed by atoms with E-state index in [9.17, 15) is 0 Å². The molecule has 0 aliphatic rings. The molecule has 0 N–H and O–H groups in total. The Bertz CT molecular complexity index is 656. The molecule has 1 heterocycles. The Morgan fingerprint density at radius 3 is 2.25 bits per heavy atom. The lowest BCUT2D eigenvalue weighted by Gasteiger charge is -2.17. The van der Waals surface area contributed by atoms with Gasteiger partial charge in [-0.2, -0.15) is 0 Å². The van der Waals surface area contributed by atoms with Gasteiger partial charge in [-0.3, -0.25) is 4.98 Å². The summed E-state index contributed by atoms with van der Waals surface area (Å²) in [4.78, 5) is 4.65. The Morgan fingerprint density at radius 2 is 1.75 bits per heavy atom. The first kappa shape index (κ1) is 14.7. The van der Waals surface area contributed by atoms with Crippen molar-refractivity contribution in [2.45, 2.75) is 20.3 Å². The Morgan fingerprint density at radius 1 is 1.10 bits per heavy atom. The fraction of sp³-hybridized carbons (Fsp3) is 0.400. The maximum atomic E-state index is 6.50. The molecule has 5 heteroatoms. The molecule has 0 saturated heterocycles. The third-order valence-electron chi connectivity index (χ3n) is 3.38. The second kappa shape index (κ2) is 5.75. The molecular weight excluding hydrogens is 278 g/mol. The van der Waals surface area contributed by atoms with Crippen LogP contribution in [0.1, 0.15) is 18.2 Å². The normalized spacial score (nSPS) is 10.7. The molecule has 108 valence electrons. The van der Waals surface area contributed by atoms with Gasteiger partial charge in [0.25, 0.3) is 0 Å². The highest BCUT2D eigenvalue weighted by atomic mass is 35.5. The van der Waals surface area contributed by atoms with Crippen LogP contribution in [-0.2, 0) is 6.42 Å². The van der Waals surface area contributed by atoms with E-state index in [1.54, 1.807) is 21.3 Å². The molecule has 1 aromatic heterocycles. The first-order valence-electron chi connectivity index (χ1n) is 6.36. The van der Waals surface area contributed by atoms with Crippen LogP contribution in [0.2, 0.25) is 5.02 Å². The maximum absolute atomic E-state index is 6.50. The van der Waals surface area contributed by atoms with Gasteiger partial charge in [0.05, 0.1) is 37.3 Å². The van der Waals surface area contributed by atoms with Crippen molar-refractivity contribution in [2.75, 3.05) is 21.3 Å². The summed E-state index contributed by atoms with van der Waals surface area (Å²) in [6.45, 7) is 4.01. The van der Waals surface area contributed by atoms with Crippen LogP contribution in [0.15, 0.2) is 6.07 Å². The van der Waals surface area contributed by atoms with Crippen molar-refractivity contribution >= 4 is 22.5 Å². The van der Waals surface area contributed by atoms with E-state index in [-0.39, 0.29) is 0 Å². The molecule has 0 spiro atoms. The SMILES string of the molecule is CCc1nc2cc(OC)c(OC)c(OC)c2c(Cl)c1C. The van der Waals surface area contributed by atoms with Crippen molar-refractivity contribution in [3.05, 3.63) is 22.3 Å². The number of benzene rings is 1. The maximum Gasteiger partial charge on any atom is 0.204 e. The number of hydrogen-bond donors (Lipinski definition) is 0. The molecule has 0 aliphatic carbocycles. The topological polar surface area (TPSA) is 40.6 Å². The Hall–Kier alpha value is -1.68. The summed E-state index contributed by atoms with van der Waals surface area (Å²) in [7, 11) is 4.73. The van der Waals surface area contributed by atoms with Gasteiger partial charge in [0.2, 0.25) is 5.75 Å². The van der Waals surface area contributed by atoms with Gasteiger partial charge in [-0.05, 0) is 18.9 Å². The summed E-state index contributed by atoms with van der Waals surface area (Å²) >= 11 is 6.50. The first-order chi connectivity index (χ1) is 9.58. The van der Waals surface area contributed by atoms with Crippen molar-refractivity contribution in [1.29, 1.82) is 0 Å². The summed E-state index contributed by atoms with van der Waals surface area (Å²) in [6.07, 6.45) is 0.818. The zero-order valence-corrected chi connectivity index (χ0v) is 13.1. The van der Waals surface area contributed by atoms with Crippen LogP contribution in [-0.4, -0.2) is 26.3 Å². The number of nitrogens with zero attached hydrogens (tertiary/aromatic N) is 1. The van der Waals surface area contributed by atoms with E-state index in [4.69, 9.17) is 25.8 Å². The monoisotopic (exact) mass is 295 g/mol. The minimum absolute atomic E-state index is 0.523. The smallest absolute Gasteiger partial charge is 0.204 e. The van der Waals surface area contributed by atoms with Crippen molar-refractivity contribution in [3.63, 3.8) is 0 Å². The Balaban J connectivity index is 2.95. The largest absolute Gasteiger partial charge is 0.493 e. The Kier molecular flexibility index (Phi) is 4.23. The van der Waals surface area contributed by atoms with Crippen LogP contribution in [0.3, 0.4) is 0 Å². The summed E-state index contributed by atoms with van der Waals surface area (Å²) < 4.78 is 16.2. The molecule has 0 unspecified atom stereocenters. The molecule has 4 nitrogen and oxygen atoms in total. The molecule has 2 aromatic rings. The average molecular weight is 296 g/mol. The molecule has 0 fully saturated rings. The second-order valence-electron chi connectivity index (χ2n) is 4.39. The number of aryl methyl sites for hydroxylation is 1. The first-order valence-corrected chi connectivity index (χ1v) is 6.74. The number of hydrogen-bond acceptors (Lipinski definition) is 4. The fourth-order valence-corrected chi connectivity index (χ4v) is 2.62. The zero-order chi connectivity index (χ0) is 14.9. The molecule has 0 atom stereocenters. The van der Waals surface area contributed by atoms with E-state index in [1.165, 1.54) is 0 Å².